The maximum absolute atomic E-state index is 13.5. The normalized spacial score (nSPS) is 24.7. The predicted octanol–water partition coefficient (Wildman–Crippen LogP) is 1.17. The number of carbonyl (C=O) groups excluding carboxylic acids is 1. The summed E-state index contributed by atoms with van der Waals surface area (Å²) >= 11 is 0. The molecule has 12 heteroatoms. The molecule has 1 aliphatic carbocycles. The number of rotatable bonds is 6. The van der Waals surface area contributed by atoms with Crippen molar-refractivity contribution >= 4 is 24.0 Å². The minimum absolute atomic E-state index is 0.0416. The molecule has 37 heavy (non-hydrogen) atoms. The van der Waals surface area contributed by atoms with Gasteiger partial charge in [-0.05, 0) is 41.5 Å². The van der Waals surface area contributed by atoms with Gasteiger partial charge in [-0.3, -0.25) is 4.79 Å². The number of aliphatic carboxylic acids is 2. The van der Waals surface area contributed by atoms with Crippen LogP contribution in [0.3, 0.4) is 0 Å². The van der Waals surface area contributed by atoms with Gasteiger partial charge in [0, 0.05) is 23.6 Å². The van der Waals surface area contributed by atoms with Crippen LogP contribution in [-0.2, 0) is 19.1 Å². The summed E-state index contributed by atoms with van der Waals surface area (Å²) in [5.74, 6) is -6.62. The third kappa shape index (κ3) is 4.92. The van der Waals surface area contributed by atoms with Crippen molar-refractivity contribution < 1.29 is 59.6 Å². The van der Waals surface area contributed by atoms with Crippen molar-refractivity contribution in [3.05, 3.63) is 64.7 Å². The molecule has 2 aromatic carbocycles. The number of ether oxygens (including phenoxy) is 2. The third-order valence-corrected chi connectivity index (χ3v) is 6.12. The lowest BCUT2D eigenvalue weighted by molar-refractivity contribution is -0.163. The first kappa shape index (κ1) is 25.5. The van der Waals surface area contributed by atoms with Crippen LogP contribution in [0.5, 0.6) is 23.0 Å². The third-order valence-electron chi connectivity index (χ3n) is 6.12. The summed E-state index contributed by atoms with van der Waals surface area (Å²) in [5, 5.41) is 68.9. The van der Waals surface area contributed by atoms with E-state index in [1.165, 1.54) is 24.3 Å². The largest absolute Gasteiger partial charge is 0.504 e. The van der Waals surface area contributed by atoms with Crippen molar-refractivity contribution in [2.75, 3.05) is 0 Å². The Morgan fingerprint density at radius 3 is 2.32 bits per heavy atom. The highest BCUT2D eigenvalue weighted by molar-refractivity contribution is 5.89. The number of esters is 1. The van der Waals surface area contributed by atoms with E-state index < -0.39 is 66.2 Å². The lowest BCUT2D eigenvalue weighted by atomic mass is 9.87. The molecule has 0 saturated carbocycles. The Balaban J connectivity index is 1.78. The van der Waals surface area contributed by atoms with Crippen LogP contribution in [0.25, 0.3) is 6.08 Å². The minimum Gasteiger partial charge on any atom is -0.504 e. The van der Waals surface area contributed by atoms with E-state index in [-0.39, 0.29) is 33.8 Å². The summed E-state index contributed by atoms with van der Waals surface area (Å²) in [7, 11) is 0. The molecule has 0 aromatic heterocycles. The van der Waals surface area contributed by atoms with Crippen LogP contribution in [0.15, 0.2) is 48.1 Å². The molecule has 1 aliphatic heterocycles. The molecule has 1 heterocycles. The molecule has 5 atom stereocenters. The maximum atomic E-state index is 13.5. The number of aliphatic hydroxyl groups is 2. The number of carboxylic acid groups (broad SMARTS) is 2. The van der Waals surface area contributed by atoms with Crippen LogP contribution in [0.4, 0.5) is 0 Å². The van der Waals surface area contributed by atoms with E-state index in [0.717, 1.165) is 24.3 Å². The van der Waals surface area contributed by atoms with Crippen molar-refractivity contribution in [3.63, 3.8) is 0 Å². The molecule has 2 aliphatic rings. The number of phenols is 3. The van der Waals surface area contributed by atoms with E-state index in [9.17, 15) is 45.0 Å². The van der Waals surface area contributed by atoms with Crippen molar-refractivity contribution in [3.8, 4) is 23.0 Å². The van der Waals surface area contributed by atoms with Crippen LogP contribution < -0.4 is 4.74 Å². The Hall–Kier alpha value is -4.55. The second-order valence-electron chi connectivity index (χ2n) is 8.51. The molecule has 0 radical (unpaired) electrons. The van der Waals surface area contributed by atoms with Gasteiger partial charge in [0.1, 0.15) is 30.3 Å². The molecular formula is C25H22O12. The average Bonchev–Trinajstić information content (AvgIpc) is 3.25. The number of fused-ring (bicyclic) bond motifs is 1. The lowest BCUT2D eigenvalue weighted by Crippen LogP contribution is -2.44. The second-order valence-corrected chi connectivity index (χ2v) is 8.51. The van der Waals surface area contributed by atoms with Gasteiger partial charge < -0.3 is 45.2 Å². The zero-order chi connectivity index (χ0) is 27.0. The van der Waals surface area contributed by atoms with Gasteiger partial charge in [-0.25, -0.2) is 9.59 Å². The van der Waals surface area contributed by atoms with Gasteiger partial charge >= 0.3 is 17.9 Å². The standard InChI is InChI=1S/C25H22O12/c26-13-4-2-11(7-15(13)28)22-20(19-10(3-6-18(30)31)1-5-14(27)23(19)37-22)25(35)36-17-9-12(24(33)34)8-16(29)21(17)32/h1-8,16-17,20-22,26-29,32H,9H2,(H,30,31)(H,33,34). The van der Waals surface area contributed by atoms with Crippen molar-refractivity contribution in [2.24, 2.45) is 0 Å². The first-order valence-electron chi connectivity index (χ1n) is 10.9. The summed E-state index contributed by atoms with van der Waals surface area (Å²) < 4.78 is 11.3. The Morgan fingerprint density at radius 1 is 0.973 bits per heavy atom. The fourth-order valence-corrected chi connectivity index (χ4v) is 4.34. The van der Waals surface area contributed by atoms with E-state index in [0.29, 0.717) is 0 Å². The number of aromatic hydroxyl groups is 3. The van der Waals surface area contributed by atoms with Crippen LogP contribution in [-0.4, -0.2) is 72.0 Å². The van der Waals surface area contributed by atoms with Gasteiger partial charge in [0.05, 0.1) is 0 Å². The fraction of sp³-hybridized carbons (Fsp3) is 0.240. The highest BCUT2D eigenvalue weighted by Gasteiger charge is 2.46. The molecule has 0 bridgehead atoms. The van der Waals surface area contributed by atoms with E-state index in [1.54, 1.807) is 0 Å². The van der Waals surface area contributed by atoms with Gasteiger partial charge in [0.15, 0.2) is 23.0 Å². The topological polar surface area (TPSA) is 211 Å². The average molecular weight is 514 g/mol. The minimum atomic E-state index is -1.64. The Kier molecular flexibility index (Phi) is 6.79. The quantitative estimate of drug-likeness (QED) is 0.164. The molecule has 5 unspecified atom stereocenters. The van der Waals surface area contributed by atoms with Crippen LogP contribution in [0, 0.1) is 0 Å². The number of hydrogen-bond donors (Lipinski definition) is 7. The van der Waals surface area contributed by atoms with Gasteiger partial charge in [-0.15, -0.1) is 0 Å². The lowest BCUT2D eigenvalue weighted by Gasteiger charge is -2.31. The first-order valence-corrected chi connectivity index (χ1v) is 10.9. The summed E-state index contributed by atoms with van der Waals surface area (Å²) in [4.78, 5) is 36.1. The zero-order valence-electron chi connectivity index (χ0n) is 18.9. The molecule has 12 nitrogen and oxygen atoms in total. The van der Waals surface area contributed by atoms with Gasteiger partial charge in [-0.2, -0.15) is 0 Å². The summed E-state index contributed by atoms with van der Waals surface area (Å²) in [5.41, 5.74) is 0.121. The number of hydrogen-bond acceptors (Lipinski definition) is 10. The second kappa shape index (κ2) is 9.84. The molecule has 4 rings (SSSR count). The predicted molar refractivity (Wildman–Crippen MR) is 123 cm³/mol. The van der Waals surface area contributed by atoms with E-state index in [4.69, 9.17) is 14.6 Å². The highest BCUT2D eigenvalue weighted by atomic mass is 16.6. The van der Waals surface area contributed by atoms with Crippen LogP contribution in [0.2, 0.25) is 0 Å². The number of aliphatic hydroxyl groups excluding tert-OH is 2. The molecule has 194 valence electrons. The molecule has 0 amide bonds. The van der Waals surface area contributed by atoms with Crippen molar-refractivity contribution in [2.45, 2.75) is 36.8 Å². The molecule has 0 saturated heterocycles. The van der Waals surface area contributed by atoms with Gasteiger partial charge in [0.2, 0.25) is 0 Å². The van der Waals surface area contributed by atoms with Crippen molar-refractivity contribution in [1.29, 1.82) is 0 Å². The van der Waals surface area contributed by atoms with E-state index in [2.05, 4.69) is 0 Å². The zero-order valence-corrected chi connectivity index (χ0v) is 18.9. The molecule has 0 spiro atoms. The number of carbonyl (C=O) groups is 3. The monoisotopic (exact) mass is 514 g/mol. The number of phenolic OH excluding ortho intramolecular Hbond substituents is 3. The van der Waals surface area contributed by atoms with Crippen molar-refractivity contribution in [1.82, 2.24) is 0 Å². The SMILES string of the molecule is O=C(O)C=Cc1ccc(O)c2c1C(C(=O)OC1CC(C(=O)O)=CC(O)C1O)C(c1ccc(O)c(O)c1)O2. The van der Waals surface area contributed by atoms with Gasteiger partial charge in [0.25, 0.3) is 0 Å². The maximum Gasteiger partial charge on any atom is 0.331 e. The molecule has 2 aromatic rings. The van der Waals surface area contributed by atoms with Crippen LogP contribution in [0.1, 0.15) is 35.1 Å². The Labute approximate surface area is 208 Å². The summed E-state index contributed by atoms with van der Waals surface area (Å²) in [6.07, 6.45) is -3.44. The van der Waals surface area contributed by atoms with E-state index in [1.807, 2.05) is 0 Å². The van der Waals surface area contributed by atoms with Gasteiger partial charge in [-0.1, -0.05) is 12.1 Å². The van der Waals surface area contributed by atoms with E-state index >= 15 is 0 Å². The first-order chi connectivity index (χ1) is 17.5. The van der Waals surface area contributed by atoms with Crippen LogP contribution >= 0.6 is 0 Å². The molecule has 7 N–H and O–H groups in total. The molecular weight excluding hydrogens is 492 g/mol. The smallest absolute Gasteiger partial charge is 0.331 e. The fourth-order valence-electron chi connectivity index (χ4n) is 4.34. The Morgan fingerprint density at radius 2 is 1.68 bits per heavy atom. The summed E-state index contributed by atoms with van der Waals surface area (Å²) in [6, 6.07) is 6.19. The highest BCUT2D eigenvalue weighted by Crippen LogP contribution is 2.53. The Bertz CT molecular complexity index is 1330. The summed E-state index contributed by atoms with van der Waals surface area (Å²) in [6.45, 7) is 0. The number of carboxylic acids is 2. The number of benzene rings is 2. The molecule has 0 fully saturated rings.